The second-order valence-corrected chi connectivity index (χ2v) is 3.74. The topological polar surface area (TPSA) is 48.0 Å². The minimum atomic E-state index is -0.423. The van der Waals surface area contributed by atoms with Gasteiger partial charge in [-0.05, 0) is 12.1 Å². The van der Waals surface area contributed by atoms with Crippen LogP contribution in [0.25, 0.3) is 11.5 Å². The maximum Gasteiger partial charge on any atom is 0.437 e. The number of halogens is 1. The molecule has 0 atom stereocenters. The van der Waals surface area contributed by atoms with Crippen LogP contribution in [0.2, 0.25) is 0 Å². The lowest BCUT2D eigenvalue weighted by molar-refractivity contribution is 0.492. The van der Waals surface area contributed by atoms with Gasteiger partial charge in [0.1, 0.15) is 0 Å². The summed E-state index contributed by atoms with van der Waals surface area (Å²) in [5.74, 6) is -0.0603. The lowest BCUT2D eigenvalue weighted by Gasteiger charge is -1.92. The number of alkyl halides is 1. The molecule has 0 saturated heterocycles. The lowest BCUT2D eigenvalue weighted by Crippen LogP contribution is -2.16. The van der Waals surface area contributed by atoms with Crippen LogP contribution >= 0.6 is 15.9 Å². The standard InChI is InChI=1S/C10H9BrN2O2/c11-6-7-13-10(14)15-9(12-13)8-4-2-1-3-5-8/h1-5H,6-7H2. The monoisotopic (exact) mass is 268 g/mol. The van der Waals surface area contributed by atoms with E-state index in [-0.39, 0.29) is 0 Å². The molecule has 0 spiro atoms. The van der Waals surface area contributed by atoms with E-state index in [4.69, 9.17) is 4.42 Å². The number of hydrogen-bond acceptors (Lipinski definition) is 3. The van der Waals surface area contributed by atoms with Gasteiger partial charge in [-0.1, -0.05) is 34.1 Å². The minimum Gasteiger partial charge on any atom is -0.388 e. The van der Waals surface area contributed by atoms with Crippen molar-refractivity contribution in [3.63, 3.8) is 0 Å². The van der Waals surface area contributed by atoms with Crippen LogP contribution in [-0.4, -0.2) is 15.1 Å². The Morgan fingerprint density at radius 1 is 1.33 bits per heavy atom. The van der Waals surface area contributed by atoms with E-state index >= 15 is 0 Å². The van der Waals surface area contributed by atoms with Crippen molar-refractivity contribution >= 4 is 15.9 Å². The summed E-state index contributed by atoms with van der Waals surface area (Å²) in [6.07, 6.45) is 0. The average Bonchev–Trinajstić information content (AvgIpc) is 2.63. The van der Waals surface area contributed by atoms with Crippen LogP contribution < -0.4 is 5.76 Å². The Morgan fingerprint density at radius 3 is 2.73 bits per heavy atom. The highest BCUT2D eigenvalue weighted by Crippen LogP contribution is 2.13. The normalized spacial score (nSPS) is 10.5. The fourth-order valence-corrected chi connectivity index (χ4v) is 1.56. The Balaban J connectivity index is 2.39. The Hall–Kier alpha value is -1.36. The van der Waals surface area contributed by atoms with Crippen LogP contribution in [-0.2, 0) is 6.54 Å². The van der Waals surface area contributed by atoms with E-state index in [0.717, 1.165) is 5.56 Å². The predicted octanol–water partition coefficient (Wildman–Crippen LogP) is 1.90. The molecule has 0 aliphatic carbocycles. The Labute approximate surface area is 94.7 Å². The molecule has 5 heteroatoms. The first kappa shape index (κ1) is 10.2. The van der Waals surface area contributed by atoms with E-state index < -0.39 is 5.76 Å². The molecular formula is C10H9BrN2O2. The van der Waals surface area contributed by atoms with Gasteiger partial charge in [-0.15, -0.1) is 5.10 Å². The van der Waals surface area contributed by atoms with Crippen LogP contribution in [0.15, 0.2) is 39.5 Å². The van der Waals surface area contributed by atoms with Crippen molar-refractivity contribution in [2.75, 3.05) is 5.33 Å². The molecule has 0 aliphatic heterocycles. The van der Waals surface area contributed by atoms with Crippen molar-refractivity contribution in [1.29, 1.82) is 0 Å². The van der Waals surface area contributed by atoms with Crippen LogP contribution in [0.1, 0.15) is 0 Å². The molecule has 0 N–H and O–H groups in total. The zero-order valence-corrected chi connectivity index (χ0v) is 9.48. The summed E-state index contributed by atoms with van der Waals surface area (Å²) in [5, 5.41) is 4.75. The molecule has 1 aromatic carbocycles. The van der Waals surface area contributed by atoms with Crippen LogP contribution in [0.4, 0.5) is 0 Å². The van der Waals surface area contributed by atoms with Crippen LogP contribution in [0.3, 0.4) is 0 Å². The van der Waals surface area contributed by atoms with Crippen LogP contribution in [0.5, 0.6) is 0 Å². The zero-order valence-electron chi connectivity index (χ0n) is 7.89. The Bertz CT molecular complexity index is 490. The maximum absolute atomic E-state index is 11.3. The molecule has 2 aromatic rings. The third kappa shape index (κ3) is 2.18. The fourth-order valence-electron chi connectivity index (χ4n) is 1.22. The largest absolute Gasteiger partial charge is 0.437 e. The van der Waals surface area contributed by atoms with E-state index in [2.05, 4.69) is 21.0 Å². The number of nitrogens with zero attached hydrogens (tertiary/aromatic N) is 2. The fraction of sp³-hybridized carbons (Fsp3) is 0.200. The number of benzene rings is 1. The van der Waals surface area contributed by atoms with Crippen molar-refractivity contribution in [2.24, 2.45) is 0 Å². The van der Waals surface area contributed by atoms with E-state index in [1.807, 2.05) is 30.3 Å². The van der Waals surface area contributed by atoms with Gasteiger partial charge in [-0.3, -0.25) is 0 Å². The molecule has 0 aliphatic rings. The molecule has 0 amide bonds. The maximum atomic E-state index is 11.3. The van der Waals surface area contributed by atoms with Gasteiger partial charge in [0.2, 0.25) is 5.89 Å². The van der Waals surface area contributed by atoms with Gasteiger partial charge in [-0.25, -0.2) is 4.79 Å². The first-order valence-electron chi connectivity index (χ1n) is 4.50. The quantitative estimate of drug-likeness (QED) is 0.799. The van der Waals surface area contributed by atoms with E-state index in [1.54, 1.807) is 0 Å². The van der Waals surface area contributed by atoms with E-state index in [9.17, 15) is 4.79 Å². The lowest BCUT2D eigenvalue weighted by atomic mass is 10.2. The predicted molar refractivity (Wildman–Crippen MR) is 60.0 cm³/mol. The summed E-state index contributed by atoms with van der Waals surface area (Å²) in [6.45, 7) is 0.509. The molecule has 15 heavy (non-hydrogen) atoms. The molecule has 0 fully saturated rings. The molecule has 2 rings (SSSR count). The first-order chi connectivity index (χ1) is 7.31. The second kappa shape index (κ2) is 4.44. The molecule has 0 radical (unpaired) electrons. The SMILES string of the molecule is O=c1oc(-c2ccccc2)nn1CCBr. The van der Waals surface area contributed by atoms with Crippen molar-refractivity contribution in [3.8, 4) is 11.5 Å². The highest BCUT2D eigenvalue weighted by molar-refractivity contribution is 9.09. The van der Waals surface area contributed by atoms with Gasteiger partial charge in [-0.2, -0.15) is 4.68 Å². The summed E-state index contributed by atoms with van der Waals surface area (Å²) in [6, 6.07) is 9.35. The van der Waals surface area contributed by atoms with Gasteiger partial charge in [0.25, 0.3) is 0 Å². The second-order valence-electron chi connectivity index (χ2n) is 2.95. The summed E-state index contributed by atoms with van der Waals surface area (Å²) in [4.78, 5) is 11.3. The number of aromatic nitrogens is 2. The highest BCUT2D eigenvalue weighted by Gasteiger charge is 2.08. The van der Waals surface area contributed by atoms with Gasteiger partial charge in [0.05, 0.1) is 6.54 Å². The molecule has 1 aromatic heterocycles. The van der Waals surface area contributed by atoms with Gasteiger partial charge in [0.15, 0.2) is 0 Å². The zero-order chi connectivity index (χ0) is 10.7. The molecule has 0 unspecified atom stereocenters. The summed E-state index contributed by atoms with van der Waals surface area (Å²) < 4.78 is 6.33. The van der Waals surface area contributed by atoms with Gasteiger partial charge >= 0.3 is 5.76 Å². The Morgan fingerprint density at radius 2 is 2.07 bits per heavy atom. The number of rotatable bonds is 3. The molecule has 0 bridgehead atoms. The van der Waals surface area contributed by atoms with Crippen LogP contribution in [0, 0.1) is 0 Å². The summed E-state index contributed by atoms with van der Waals surface area (Å²) in [5.41, 5.74) is 0.808. The van der Waals surface area contributed by atoms with Gasteiger partial charge in [0, 0.05) is 10.9 Å². The molecule has 4 nitrogen and oxygen atoms in total. The van der Waals surface area contributed by atoms with Crippen molar-refractivity contribution in [1.82, 2.24) is 9.78 Å². The van der Waals surface area contributed by atoms with Crippen molar-refractivity contribution in [2.45, 2.75) is 6.54 Å². The van der Waals surface area contributed by atoms with Crippen molar-refractivity contribution < 1.29 is 4.42 Å². The highest BCUT2D eigenvalue weighted by atomic mass is 79.9. The number of hydrogen-bond donors (Lipinski definition) is 0. The molecule has 1 heterocycles. The van der Waals surface area contributed by atoms with E-state index in [0.29, 0.717) is 17.8 Å². The average molecular weight is 269 g/mol. The summed E-state index contributed by atoms with van der Waals surface area (Å²) >= 11 is 3.24. The third-order valence-corrected chi connectivity index (χ3v) is 2.28. The number of aryl methyl sites for hydroxylation is 1. The van der Waals surface area contributed by atoms with Gasteiger partial charge < -0.3 is 4.42 Å². The first-order valence-corrected chi connectivity index (χ1v) is 5.63. The molecular weight excluding hydrogens is 260 g/mol. The molecule has 0 saturated carbocycles. The molecule has 78 valence electrons. The Kier molecular flexibility index (Phi) is 3.01. The van der Waals surface area contributed by atoms with Crippen molar-refractivity contribution in [3.05, 3.63) is 40.9 Å². The smallest absolute Gasteiger partial charge is 0.388 e. The minimum absolute atomic E-state index is 0.363. The third-order valence-electron chi connectivity index (χ3n) is 1.92. The summed E-state index contributed by atoms with van der Waals surface area (Å²) in [7, 11) is 0. The van der Waals surface area contributed by atoms with E-state index in [1.165, 1.54) is 4.68 Å².